The van der Waals surface area contributed by atoms with Gasteiger partial charge in [-0.3, -0.25) is 4.79 Å². The molecule has 4 nitrogen and oxygen atoms in total. The van der Waals surface area contributed by atoms with Crippen LogP contribution in [0.15, 0.2) is 32.8 Å². The highest BCUT2D eigenvalue weighted by Gasteiger charge is 2.10. The quantitative estimate of drug-likeness (QED) is 0.895. The Balaban J connectivity index is 2.50. The fraction of sp³-hybridized carbons (Fsp3) is 0. The average molecular weight is 300 g/mol. The number of carboxylic acid groups (broad SMARTS) is 1. The van der Waals surface area contributed by atoms with Crippen LogP contribution in [-0.4, -0.2) is 16.1 Å². The lowest BCUT2D eigenvalue weighted by atomic mass is 10.2. The van der Waals surface area contributed by atoms with Gasteiger partial charge in [-0.15, -0.1) is 11.3 Å². The summed E-state index contributed by atoms with van der Waals surface area (Å²) < 4.78 is 0.950. The minimum Gasteiger partial charge on any atom is -0.477 e. The number of carboxylic acids is 1. The molecule has 0 aliphatic carbocycles. The van der Waals surface area contributed by atoms with Gasteiger partial charge in [0.25, 0.3) is 5.56 Å². The number of hydrogen-bond acceptors (Lipinski definition) is 3. The molecule has 0 aliphatic rings. The van der Waals surface area contributed by atoms with E-state index in [-0.39, 0.29) is 5.56 Å². The molecule has 82 valence electrons. The first-order valence-electron chi connectivity index (χ1n) is 4.30. The third-order valence-corrected chi connectivity index (χ3v) is 3.64. The van der Waals surface area contributed by atoms with Crippen LogP contribution in [0.1, 0.15) is 10.4 Å². The second-order valence-corrected chi connectivity index (χ2v) is 5.49. The van der Waals surface area contributed by atoms with Gasteiger partial charge in [-0.2, -0.15) is 0 Å². The Kier molecular flexibility index (Phi) is 2.93. The third-order valence-electron chi connectivity index (χ3n) is 1.98. The molecule has 0 atom stereocenters. The molecular formula is C10H6BrNO3S. The van der Waals surface area contributed by atoms with Crippen LogP contribution < -0.4 is 5.56 Å². The van der Waals surface area contributed by atoms with Gasteiger partial charge in [-0.25, -0.2) is 4.79 Å². The molecule has 0 unspecified atom stereocenters. The number of pyridine rings is 1. The number of thiophene rings is 1. The number of aromatic amines is 1. The molecular weight excluding hydrogens is 294 g/mol. The maximum absolute atomic E-state index is 11.4. The van der Waals surface area contributed by atoms with Gasteiger partial charge in [0.1, 0.15) is 5.56 Å². The molecule has 2 heterocycles. The lowest BCUT2D eigenvalue weighted by molar-refractivity contribution is 0.0695. The second-order valence-electron chi connectivity index (χ2n) is 3.02. The van der Waals surface area contributed by atoms with Gasteiger partial charge in [-0.05, 0) is 40.2 Å². The van der Waals surface area contributed by atoms with Crippen molar-refractivity contribution in [1.29, 1.82) is 0 Å². The Labute approximate surface area is 103 Å². The number of rotatable bonds is 2. The summed E-state index contributed by atoms with van der Waals surface area (Å²) in [5.74, 6) is -1.22. The number of halogens is 1. The molecule has 2 N–H and O–H groups in total. The first-order valence-corrected chi connectivity index (χ1v) is 5.91. The first-order chi connectivity index (χ1) is 7.58. The number of hydrogen-bond donors (Lipinski definition) is 2. The van der Waals surface area contributed by atoms with Gasteiger partial charge in [0.2, 0.25) is 0 Å². The number of H-pyrrole nitrogens is 1. The topological polar surface area (TPSA) is 70.2 Å². The second kappa shape index (κ2) is 4.23. The van der Waals surface area contributed by atoms with Crippen molar-refractivity contribution in [2.24, 2.45) is 0 Å². The Morgan fingerprint density at radius 3 is 2.56 bits per heavy atom. The zero-order valence-corrected chi connectivity index (χ0v) is 10.3. The maximum Gasteiger partial charge on any atom is 0.341 e. The van der Waals surface area contributed by atoms with E-state index in [9.17, 15) is 9.59 Å². The molecule has 16 heavy (non-hydrogen) atoms. The van der Waals surface area contributed by atoms with Crippen LogP contribution in [-0.2, 0) is 0 Å². The van der Waals surface area contributed by atoms with Crippen molar-refractivity contribution < 1.29 is 9.90 Å². The minimum absolute atomic E-state index is 0.251. The van der Waals surface area contributed by atoms with E-state index in [0.29, 0.717) is 5.69 Å². The van der Waals surface area contributed by atoms with Crippen molar-refractivity contribution in [2.45, 2.75) is 0 Å². The molecule has 0 amide bonds. The highest BCUT2D eigenvalue weighted by atomic mass is 79.9. The Bertz CT molecular complexity index is 602. The van der Waals surface area contributed by atoms with Crippen LogP contribution in [0.5, 0.6) is 0 Å². The van der Waals surface area contributed by atoms with Crippen LogP contribution in [0.4, 0.5) is 0 Å². The van der Waals surface area contributed by atoms with Crippen LogP contribution >= 0.6 is 27.3 Å². The average Bonchev–Trinajstić information content (AvgIpc) is 2.64. The normalized spacial score (nSPS) is 10.3. The lowest BCUT2D eigenvalue weighted by Crippen LogP contribution is -2.17. The predicted octanol–water partition coefficient (Wildman–Crippen LogP) is 2.56. The monoisotopic (exact) mass is 299 g/mol. The number of nitrogens with one attached hydrogen (secondary N) is 1. The van der Waals surface area contributed by atoms with Gasteiger partial charge < -0.3 is 10.1 Å². The van der Waals surface area contributed by atoms with Crippen molar-refractivity contribution >= 4 is 33.2 Å². The van der Waals surface area contributed by atoms with Crippen molar-refractivity contribution in [2.75, 3.05) is 0 Å². The molecule has 0 saturated carbocycles. The van der Waals surface area contributed by atoms with Gasteiger partial charge in [0.15, 0.2) is 0 Å². The zero-order chi connectivity index (χ0) is 11.7. The Hall–Kier alpha value is -1.40. The van der Waals surface area contributed by atoms with E-state index in [1.807, 2.05) is 12.1 Å². The maximum atomic E-state index is 11.4. The summed E-state index contributed by atoms with van der Waals surface area (Å²) in [6.07, 6.45) is 0. The van der Waals surface area contributed by atoms with Crippen LogP contribution in [0.2, 0.25) is 0 Å². The summed E-state index contributed by atoms with van der Waals surface area (Å²) in [4.78, 5) is 25.5. The van der Waals surface area contributed by atoms with E-state index in [1.165, 1.54) is 17.4 Å². The molecule has 6 heteroatoms. The van der Waals surface area contributed by atoms with E-state index in [2.05, 4.69) is 20.9 Å². The molecule has 0 radical (unpaired) electrons. The standard InChI is InChI=1S/C10H6BrNO3S/c11-8-4-3-7(16-8)6-2-1-5(10(14)15)9(13)12-6/h1-4H,(H,12,13)(H,14,15). The van der Waals surface area contributed by atoms with Gasteiger partial charge >= 0.3 is 5.97 Å². The van der Waals surface area contributed by atoms with Gasteiger partial charge in [0, 0.05) is 0 Å². The third kappa shape index (κ3) is 2.07. The Morgan fingerprint density at radius 2 is 2.06 bits per heavy atom. The molecule has 0 aliphatic heterocycles. The fourth-order valence-electron chi connectivity index (χ4n) is 1.24. The van der Waals surface area contributed by atoms with Gasteiger partial charge in [-0.1, -0.05) is 0 Å². The van der Waals surface area contributed by atoms with E-state index in [4.69, 9.17) is 5.11 Å². The Morgan fingerprint density at radius 1 is 1.31 bits per heavy atom. The molecule has 0 spiro atoms. The summed E-state index contributed by atoms with van der Waals surface area (Å²) >= 11 is 4.78. The smallest absolute Gasteiger partial charge is 0.341 e. The highest BCUT2D eigenvalue weighted by Crippen LogP contribution is 2.29. The molecule has 2 rings (SSSR count). The molecule has 0 aromatic carbocycles. The summed E-state index contributed by atoms with van der Waals surface area (Å²) in [6, 6.07) is 6.61. The summed E-state index contributed by atoms with van der Waals surface area (Å²) in [6.45, 7) is 0. The number of carbonyl (C=O) groups is 1. The minimum atomic E-state index is -1.22. The predicted molar refractivity (Wildman–Crippen MR) is 65.0 cm³/mol. The van der Waals surface area contributed by atoms with Crippen molar-refractivity contribution in [1.82, 2.24) is 4.98 Å². The molecule has 0 bridgehead atoms. The van der Waals surface area contributed by atoms with Crippen molar-refractivity contribution in [3.05, 3.63) is 44.0 Å². The summed E-state index contributed by atoms with van der Waals surface area (Å²) in [5, 5.41) is 8.71. The number of aromatic nitrogens is 1. The summed E-state index contributed by atoms with van der Waals surface area (Å²) in [5.41, 5.74) is -0.223. The van der Waals surface area contributed by atoms with E-state index in [1.54, 1.807) is 6.07 Å². The summed E-state index contributed by atoms with van der Waals surface area (Å²) in [7, 11) is 0. The van der Waals surface area contributed by atoms with E-state index >= 15 is 0 Å². The zero-order valence-electron chi connectivity index (χ0n) is 7.86. The van der Waals surface area contributed by atoms with Crippen LogP contribution in [0, 0.1) is 0 Å². The van der Waals surface area contributed by atoms with Crippen LogP contribution in [0.3, 0.4) is 0 Å². The van der Waals surface area contributed by atoms with E-state index < -0.39 is 11.5 Å². The van der Waals surface area contributed by atoms with Crippen molar-refractivity contribution in [3.8, 4) is 10.6 Å². The van der Waals surface area contributed by atoms with Crippen LogP contribution in [0.25, 0.3) is 10.6 Å². The SMILES string of the molecule is O=C(O)c1ccc(-c2ccc(Br)s2)[nH]c1=O. The largest absolute Gasteiger partial charge is 0.477 e. The molecule has 0 saturated heterocycles. The molecule has 0 fully saturated rings. The highest BCUT2D eigenvalue weighted by molar-refractivity contribution is 9.11. The number of aromatic carboxylic acids is 1. The molecule has 2 aromatic heterocycles. The fourth-order valence-corrected chi connectivity index (χ4v) is 2.61. The lowest BCUT2D eigenvalue weighted by Gasteiger charge is -1.98. The molecule has 2 aromatic rings. The van der Waals surface area contributed by atoms with E-state index in [0.717, 1.165) is 8.66 Å². The van der Waals surface area contributed by atoms with Gasteiger partial charge in [0.05, 0.1) is 14.4 Å². The van der Waals surface area contributed by atoms with Crippen molar-refractivity contribution in [3.63, 3.8) is 0 Å². The first kappa shape index (κ1) is 11.1.